The van der Waals surface area contributed by atoms with E-state index in [1.807, 2.05) is 212 Å². The second-order valence-electron chi connectivity index (χ2n) is 8.31. The Labute approximate surface area is 392 Å². The summed E-state index contributed by atoms with van der Waals surface area (Å²) in [5.41, 5.74) is 6.64. The van der Waals surface area contributed by atoms with Crippen LogP contribution in [0.5, 0.6) is 0 Å². The molecule has 5 aromatic carbocycles. The predicted molar refractivity (Wildman–Crippen MR) is 306 cm³/mol. The fourth-order valence-corrected chi connectivity index (χ4v) is 2.94. The Morgan fingerprint density at radius 3 is 0.377 bits per heavy atom. The SMILES string of the molecule is CC.CC.CC.CC.CC.CC.CC.CC.CC.CC.CC.CC.CC.CC.Cc1ccc(C)cc1.Cc1ccc(C)cc1.Cc1ccccc1.c1ccc2ccccc2c1. The molecule has 0 nitrogen and oxygen atoms in total. The zero-order valence-electron chi connectivity index (χ0n) is 48.6. The topological polar surface area (TPSA) is 0 Å². The molecule has 0 heterocycles. The van der Waals surface area contributed by atoms with E-state index in [0.29, 0.717) is 0 Å². The van der Waals surface area contributed by atoms with Crippen molar-refractivity contribution in [3.8, 4) is 0 Å². The summed E-state index contributed by atoms with van der Waals surface area (Å²) in [6.07, 6.45) is 0. The van der Waals surface area contributed by atoms with Crippen molar-refractivity contribution in [3.05, 3.63) is 155 Å². The summed E-state index contributed by atoms with van der Waals surface area (Å²) in [5.74, 6) is 0. The van der Waals surface area contributed by atoms with Crippen LogP contribution in [0.3, 0.4) is 0 Å². The maximum Gasteiger partial charge on any atom is -0.0184 e. The van der Waals surface area contributed by atoms with Gasteiger partial charge in [-0.05, 0) is 45.4 Å². The Balaban J connectivity index is -0.0000000386. The van der Waals surface area contributed by atoms with Crippen LogP contribution in [0.25, 0.3) is 10.8 Å². The molecule has 0 bridgehead atoms. The molecule has 0 unspecified atom stereocenters. The molecule has 5 rings (SSSR count). The highest BCUT2D eigenvalue weighted by atomic mass is 13.9. The third-order valence-corrected chi connectivity index (χ3v) is 5.04. The molecule has 0 aliphatic rings. The van der Waals surface area contributed by atoms with Crippen molar-refractivity contribution in [1.29, 1.82) is 0 Å². The maximum absolute atomic E-state index is 2.12. The largest absolute Gasteiger partial charge is 0.0683 e. The van der Waals surface area contributed by atoms with Gasteiger partial charge in [0.25, 0.3) is 0 Å². The first-order valence-corrected chi connectivity index (χ1v) is 25.5. The third kappa shape index (κ3) is 92.8. The lowest BCUT2D eigenvalue weighted by Gasteiger charge is -1.92. The molecule has 0 spiro atoms. The molecule has 0 saturated heterocycles. The van der Waals surface area contributed by atoms with E-state index in [4.69, 9.17) is 0 Å². The average Bonchev–Trinajstić information content (AvgIpc) is 3.40. The molecule has 0 N–H and O–H groups in total. The maximum atomic E-state index is 2.12. The molecule has 0 heteroatoms. The Hall–Kier alpha value is -3.64. The molecule has 0 atom stereocenters. The fourth-order valence-electron chi connectivity index (χ4n) is 2.94. The van der Waals surface area contributed by atoms with Gasteiger partial charge >= 0.3 is 0 Å². The van der Waals surface area contributed by atoms with Crippen molar-refractivity contribution < 1.29 is 0 Å². The molecule has 364 valence electrons. The van der Waals surface area contributed by atoms with Gasteiger partial charge in [0.1, 0.15) is 0 Å². The summed E-state index contributed by atoms with van der Waals surface area (Å²) < 4.78 is 0. The standard InChI is InChI=1S/C10H8.2C8H10.C7H8.14C2H6/c1-2-6-10-8-4-3-7-9(10)5-1;2*1-7-3-5-8(2)6-4-7;1-7-5-3-2-4-6-7;14*1-2/h1-8H;2*3-6H,1-2H3;2-6H,1H3;14*1-2H3. The first-order chi connectivity index (χ1) is 29.9. The van der Waals surface area contributed by atoms with Crippen LogP contribution in [0.2, 0.25) is 0 Å². The van der Waals surface area contributed by atoms with E-state index in [1.165, 1.54) is 38.6 Å². The minimum Gasteiger partial charge on any atom is -0.0683 e. The summed E-state index contributed by atoms with van der Waals surface area (Å²) in [4.78, 5) is 0. The molecular weight excluding hydrogens is 733 g/mol. The quantitative estimate of drug-likeness (QED) is 0.146. The van der Waals surface area contributed by atoms with Crippen LogP contribution in [0.15, 0.2) is 127 Å². The smallest absolute Gasteiger partial charge is 0.0184 e. The van der Waals surface area contributed by atoms with Crippen LogP contribution in [0, 0.1) is 34.6 Å². The third-order valence-electron chi connectivity index (χ3n) is 5.04. The summed E-state index contributed by atoms with van der Waals surface area (Å²) >= 11 is 0. The number of hydrogen-bond donors (Lipinski definition) is 0. The summed E-state index contributed by atoms with van der Waals surface area (Å²) in [5, 5.41) is 2.62. The summed E-state index contributed by atoms with van der Waals surface area (Å²) in [6.45, 7) is 66.5. The van der Waals surface area contributed by atoms with Gasteiger partial charge in [-0.3, -0.25) is 0 Å². The van der Waals surface area contributed by atoms with E-state index in [1.54, 1.807) is 0 Å². The number of aryl methyl sites for hydroxylation is 5. The molecule has 5 aromatic rings. The van der Waals surface area contributed by atoms with Crippen LogP contribution in [0.1, 0.15) is 222 Å². The summed E-state index contributed by atoms with van der Waals surface area (Å²) in [7, 11) is 0. The molecule has 0 amide bonds. The first-order valence-electron chi connectivity index (χ1n) is 25.5. The second kappa shape index (κ2) is 117. The Bertz CT molecular complexity index is 1020. The Morgan fingerprint density at radius 1 is 0.148 bits per heavy atom. The van der Waals surface area contributed by atoms with Crippen molar-refractivity contribution >= 4 is 10.8 Å². The van der Waals surface area contributed by atoms with E-state index >= 15 is 0 Å². The highest BCUT2D eigenvalue weighted by molar-refractivity contribution is 5.82. The zero-order chi connectivity index (χ0) is 51.9. The van der Waals surface area contributed by atoms with Crippen molar-refractivity contribution in [2.75, 3.05) is 0 Å². The average molecular weight is 854 g/mol. The van der Waals surface area contributed by atoms with Crippen LogP contribution in [-0.2, 0) is 0 Å². The van der Waals surface area contributed by atoms with Gasteiger partial charge in [0.2, 0.25) is 0 Å². The van der Waals surface area contributed by atoms with E-state index < -0.39 is 0 Å². The number of benzene rings is 5. The highest BCUT2D eigenvalue weighted by Gasteiger charge is 1.85. The molecule has 0 aliphatic carbocycles. The molecule has 0 saturated carbocycles. The van der Waals surface area contributed by atoms with Crippen LogP contribution in [-0.4, -0.2) is 0 Å². The minimum atomic E-state index is 1.31. The highest BCUT2D eigenvalue weighted by Crippen LogP contribution is 2.11. The van der Waals surface area contributed by atoms with Crippen molar-refractivity contribution in [2.45, 2.75) is 228 Å². The van der Waals surface area contributed by atoms with Gasteiger partial charge in [-0.15, -0.1) is 0 Å². The predicted octanol–water partition coefficient (Wildman–Crippen LogP) is 23.8. The zero-order valence-corrected chi connectivity index (χ0v) is 48.6. The number of fused-ring (bicyclic) bond motifs is 1. The van der Waals surface area contributed by atoms with Gasteiger partial charge in [-0.25, -0.2) is 0 Å². The lowest BCUT2D eigenvalue weighted by Crippen LogP contribution is -1.70. The second-order valence-corrected chi connectivity index (χ2v) is 8.31. The monoisotopic (exact) mass is 853 g/mol. The van der Waals surface area contributed by atoms with Crippen LogP contribution in [0.4, 0.5) is 0 Å². The molecular formula is C61H120. The molecule has 0 aromatic heterocycles. The fraction of sp³-hybridized carbons (Fsp3) is 0.541. The van der Waals surface area contributed by atoms with Gasteiger partial charge in [-0.1, -0.05) is 349 Å². The lowest BCUT2D eigenvalue weighted by molar-refractivity contribution is 1.40. The Kier molecular flexibility index (Phi) is 178. The number of hydrogen-bond acceptors (Lipinski definition) is 0. The van der Waals surface area contributed by atoms with Gasteiger partial charge in [0.15, 0.2) is 0 Å². The lowest BCUT2D eigenvalue weighted by atomic mass is 10.1. The summed E-state index contributed by atoms with van der Waals surface area (Å²) in [6, 6.07) is 43.9. The van der Waals surface area contributed by atoms with Gasteiger partial charge in [0, 0.05) is 0 Å². The van der Waals surface area contributed by atoms with E-state index in [0.717, 1.165) is 0 Å². The van der Waals surface area contributed by atoms with E-state index in [-0.39, 0.29) is 0 Å². The molecule has 0 fully saturated rings. The van der Waals surface area contributed by atoms with Crippen molar-refractivity contribution in [3.63, 3.8) is 0 Å². The normalized spacial score (nSPS) is 6.44. The Morgan fingerprint density at radius 2 is 0.262 bits per heavy atom. The molecule has 0 radical (unpaired) electrons. The minimum absolute atomic E-state index is 1.31. The first kappa shape index (κ1) is 92.6. The van der Waals surface area contributed by atoms with Crippen molar-refractivity contribution in [1.82, 2.24) is 0 Å². The van der Waals surface area contributed by atoms with E-state index in [2.05, 4.69) is 144 Å². The van der Waals surface area contributed by atoms with Crippen LogP contribution >= 0.6 is 0 Å². The van der Waals surface area contributed by atoms with Gasteiger partial charge in [0.05, 0.1) is 0 Å². The number of rotatable bonds is 0. The van der Waals surface area contributed by atoms with Crippen LogP contribution < -0.4 is 0 Å². The molecule has 0 aliphatic heterocycles. The molecule has 61 heavy (non-hydrogen) atoms. The van der Waals surface area contributed by atoms with Gasteiger partial charge in [-0.2, -0.15) is 0 Å². The van der Waals surface area contributed by atoms with Gasteiger partial charge < -0.3 is 0 Å². The van der Waals surface area contributed by atoms with Crippen molar-refractivity contribution in [2.24, 2.45) is 0 Å². The van der Waals surface area contributed by atoms with E-state index in [9.17, 15) is 0 Å².